The Labute approximate surface area is 79.4 Å². The summed E-state index contributed by atoms with van der Waals surface area (Å²) in [6.45, 7) is 2.17. The minimum Gasteiger partial charge on any atom is -0.283 e. The van der Waals surface area contributed by atoms with Gasteiger partial charge in [-0.25, -0.2) is 5.73 Å². The Morgan fingerprint density at radius 1 is 1.08 bits per heavy atom. The van der Waals surface area contributed by atoms with Crippen molar-refractivity contribution in [3.8, 4) is 0 Å². The van der Waals surface area contributed by atoms with Gasteiger partial charge in [-0.15, -0.1) is 0 Å². The molecular formula is C11H15N2. The fourth-order valence-electron chi connectivity index (χ4n) is 1.85. The van der Waals surface area contributed by atoms with Gasteiger partial charge in [-0.1, -0.05) is 30.3 Å². The first-order valence-corrected chi connectivity index (χ1v) is 4.88. The van der Waals surface area contributed by atoms with Crippen LogP contribution in [0.3, 0.4) is 0 Å². The molecule has 1 N–H and O–H groups in total. The molecule has 1 heterocycles. The van der Waals surface area contributed by atoms with Crippen molar-refractivity contribution in [2.24, 2.45) is 0 Å². The highest BCUT2D eigenvalue weighted by Gasteiger charge is 2.19. The highest BCUT2D eigenvalue weighted by atomic mass is 15.2. The lowest BCUT2D eigenvalue weighted by Gasteiger charge is -2.22. The number of hydrogen-bond donors (Lipinski definition) is 0. The van der Waals surface area contributed by atoms with Crippen LogP contribution in [0.1, 0.15) is 24.6 Å². The highest BCUT2D eigenvalue weighted by molar-refractivity contribution is 5.17. The van der Waals surface area contributed by atoms with Crippen molar-refractivity contribution in [1.29, 1.82) is 0 Å². The molecule has 0 saturated carbocycles. The van der Waals surface area contributed by atoms with E-state index in [0.29, 0.717) is 0 Å². The fourth-order valence-corrected chi connectivity index (χ4v) is 1.85. The van der Waals surface area contributed by atoms with E-state index in [9.17, 15) is 0 Å². The molecule has 0 bridgehead atoms. The third-order valence-corrected chi connectivity index (χ3v) is 2.62. The summed E-state index contributed by atoms with van der Waals surface area (Å²) in [5.41, 5.74) is 9.15. The maximum atomic E-state index is 8.04. The van der Waals surface area contributed by atoms with Crippen LogP contribution in [0.4, 0.5) is 0 Å². The average Bonchev–Trinajstić information content (AvgIpc) is 2.71. The van der Waals surface area contributed by atoms with Crippen LogP contribution in [0.5, 0.6) is 0 Å². The predicted octanol–water partition coefficient (Wildman–Crippen LogP) is 2.06. The smallest absolute Gasteiger partial charge is 0.0988 e. The monoisotopic (exact) mass is 175 g/mol. The molecule has 1 aromatic rings. The molecule has 1 unspecified atom stereocenters. The summed E-state index contributed by atoms with van der Waals surface area (Å²) in [5.74, 6) is 0. The molecule has 1 radical (unpaired) electrons. The first-order valence-electron chi connectivity index (χ1n) is 4.88. The minimum atomic E-state index is -0.149. The van der Waals surface area contributed by atoms with E-state index in [1.54, 1.807) is 0 Å². The van der Waals surface area contributed by atoms with Gasteiger partial charge in [-0.2, -0.15) is 0 Å². The summed E-state index contributed by atoms with van der Waals surface area (Å²) in [6.07, 6.45) is 2.36. The molecule has 0 aliphatic carbocycles. The van der Waals surface area contributed by atoms with Crippen molar-refractivity contribution in [3.63, 3.8) is 0 Å². The standard InChI is InChI=1S/C11H15N2/c12-11(13-8-4-5-9-13)10-6-2-1-3-7-10/h1-3,6-7,11-12H,4-5,8-9H2. The lowest BCUT2D eigenvalue weighted by atomic mass is 10.1. The molecule has 1 atom stereocenters. The first kappa shape index (κ1) is 8.73. The molecule has 2 nitrogen and oxygen atoms in total. The molecule has 2 rings (SSSR count). The van der Waals surface area contributed by atoms with Crippen LogP contribution in [0.25, 0.3) is 0 Å². The van der Waals surface area contributed by atoms with Crippen LogP contribution >= 0.6 is 0 Å². The Hall–Kier alpha value is -0.860. The molecule has 1 aromatic carbocycles. The Balaban J connectivity index is 2.08. The summed E-state index contributed by atoms with van der Waals surface area (Å²) in [6, 6.07) is 10.1. The van der Waals surface area contributed by atoms with Gasteiger partial charge in [0.2, 0.25) is 0 Å². The number of benzene rings is 1. The summed E-state index contributed by atoms with van der Waals surface area (Å²) < 4.78 is 0. The van der Waals surface area contributed by atoms with Crippen LogP contribution in [-0.4, -0.2) is 18.0 Å². The molecule has 1 aliphatic rings. The molecule has 1 saturated heterocycles. The topological polar surface area (TPSA) is 27.0 Å². The number of hydrogen-bond acceptors (Lipinski definition) is 1. The first-order chi connectivity index (χ1) is 6.38. The molecule has 0 aromatic heterocycles. The molecule has 1 aliphatic heterocycles. The maximum Gasteiger partial charge on any atom is 0.0988 e. The summed E-state index contributed by atoms with van der Waals surface area (Å²) in [7, 11) is 0. The second-order valence-corrected chi connectivity index (χ2v) is 3.56. The van der Waals surface area contributed by atoms with Crippen LogP contribution in [-0.2, 0) is 0 Å². The van der Waals surface area contributed by atoms with Crippen molar-refractivity contribution in [1.82, 2.24) is 10.6 Å². The molecule has 0 amide bonds. The zero-order valence-electron chi connectivity index (χ0n) is 7.74. The number of rotatable bonds is 2. The number of nitrogens with zero attached hydrogens (tertiary/aromatic N) is 1. The molecular weight excluding hydrogens is 160 g/mol. The third-order valence-electron chi connectivity index (χ3n) is 2.62. The summed E-state index contributed by atoms with van der Waals surface area (Å²) >= 11 is 0. The second-order valence-electron chi connectivity index (χ2n) is 3.56. The second kappa shape index (κ2) is 3.90. The normalized spacial score (nSPS) is 20.4. The van der Waals surface area contributed by atoms with E-state index in [1.165, 1.54) is 12.8 Å². The summed E-state index contributed by atoms with van der Waals surface area (Å²) in [4.78, 5) is 2.23. The van der Waals surface area contributed by atoms with Gasteiger partial charge in [0, 0.05) is 13.1 Å². The van der Waals surface area contributed by atoms with Crippen molar-refractivity contribution in [3.05, 3.63) is 35.9 Å². The van der Waals surface area contributed by atoms with Gasteiger partial charge in [0.15, 0.2) is 0 Å². The molecule has 1 fully saturated rings. The Morgan fingerprint density at radius 2 is 1.69 bits per heavy atom. The Bertz CT molecular complexity index is 252. The molecule has 69 valence electrons. The lowest BCUT2D eigenvalue weighted by molar-refractivity contribution is 0.244. The minimum absolute atomic E-state index is 0.149. The molecule has 0 spiro atoms. The van der Waals surface area contributed by atoms with Crippen LogP contribution in [0.15, 0.2) is 30.3 Å². The van der Waals surface area contributed by atoms with E-state index in [2.05, 4.69) is 4.90 Å². The number of nitrogens with one attached hydrogen (secondary N) is 1. The molecule has 13 heavy (non-hydrogen) atoms. The largest absolute Gasteiger partial charge is 0.283 e. The van der Waals surface area contributed by atoms with Gasteiger partial charge >= 0.3 is 0 Å². The van der Waals surface area contributed by atoms with Crippen LogP contribution in [0.2, 0.25) is 0 Å². The van der Waals surface area contributed by atoms with E-state index in [4.69, 9.17) is 5.73 Å². The van der Waals surface area contributed by atoms with Crippen LogP contribution < -0.4 is 5.73 Å². The number of likely N-dealkylation sites (tertiary alicyclic amines) is 1. The Kier molecular flexibility index (Phi) is 2.62. The van der Waals surface area contributed by atoms with Crippen molar-refractivity contribution in [2.45, 2.75) is 19.0 Å². The maximum absolute atomic E-state index is 8.04. The van der Waals surface area contributed by atoms with Crippen molar-refractivity contribution in [2.75, 3.05) is 13.1 Å². The van der Waals surface area contributed by atoms with Gasteiger partial charge in [0.05, 0.1) is 6.17 Å². The quantitative estimate of drug-likeness (QED) is 0.676. The SMILES string of the molecule is [NH]C(c1ccccc1)N1CCCC1. The lowest BCUT2D eigenvalue weighted by Crippen LogP contribution is -2.26. The van der Waals surface area contributed by atoms with Gasteiger partial charge in [0.1, 0.15) is 0 Å². The Morgan fingerprint density at radius 3 is 2.31 bits per heavy atom. The fraction of sp³-hybridized carbons (Fsp3) is 0.455. The van der Waals surface area contributed by atoms with Gasteiger partial charge in [-0.05, 0) is 18.4 Å². The van der Waals surface area contributed by atoms with E-state index < -0.39 is 0 Å². The van der Waals surface area contributed by atoms with Gasteiger partial charge < -0.3 is 0 Å². The van der Waals surface area contributed by atoms with E-state index in [0.717, 1.165) is 18.7 Å². The highest BCUT2D eigenvalue weighted by Crippen LogP contribution is 2.21. The predicted molar refractivity (Wildman–Crippen MR) is 53.1 cm³/mol. The third kappa shape index (κ3) is 1.90. The zero-order chi connectivity index (χ0) is 9.10. The van der Waals surface area contributed by atoms with Gasteiger partial charge in [-0.3, -0.25) is 4.90 Å². The van der Waals surface area contributed by atoms with E-state index >= 15 is 0 Å². The van der Waals surface area contributed by atoms with Crippen LogP contribution in [0, 0.1) is 0 Å². The van der Waals surface area contributed by atoms with Crippen molar-refractivity contribution >= 4 is 0 Å². The van der Waals surface area contributed by atoms with E-state index in [-0.39, 0.29) is 6.17 Å². The van der Waals surface area contributed by atoms with Gasteiger partial charge in [0.25, 0.3) is 0 Å². The van der Waals surface area contributed by atoms with E-state index in [1.807, 2.05) is 30.3 Å². The molecule has 2 heteroatoms. The zero-order valence-corrected chi connectivity index (χ0v) is 7.74. The summed E-state index contributed by atoms with van der Waals surface area (Å²) in [5, 5.41) is 0. The van der Waals surface area contributed by atoms with Crippen molar-refractivity contribution < 1.29 is 0 Å². The average molecular weight is 175 g/mol.